The van der Waals surface area contributed by atoms with Gasteiger partial charge in [-0.05, 0) is 38.5 Å². The van der Waals surface area contributed by atoms with Gasteiger partial charge in [-0.3, -0.25) is 4.79 Å². The van der Waals surface area contributed by atoms with E-state index in [1.165, 1.54) is 0 Å². The van der Waals surface area contributed by atoms with Crippen molar-refractivity contribution in [3.8, 4) is 0 Å². The van der Waals surface area contributed by atoms with Gasteiger partial charge in [-0.1, -0.05) is 19.0 Å². The van der Waals surface area contributed by atoms with Crippen LogP contribution in [-0.4, -0.2) is 29.8 Å². The van der Waals surface area contributed by atoms with E-state index in [9.17, 15) is 4.79 Å². The van der Waals surface area contributed by atoms with Crippen LogP contribution in [0.4, 0.5) is 0 Å². The van der Waals surface area contributed by atoms with E-state index in [-0.39, 0.29) is 5.97 Å². The molecule has 0 aromatic carbocycles. The standard InChI is InChI=1S/C15H24N2O4/c1-5-20-13(18)11(9-10(2)3)12-16-14(17-21-12)15(19-4)7-6-8-15/h10-11H,5-9H2,1-4H3. The Morgan fingerprint density at radius 3 is 2.62 bits per heavy atom. The summed E-state index contributed by atoms with van der Waals surface area (Å²) in [4.78, 5) is 16.5. The molecule has 0 saturated heterocycles. The van der Waals surface area contributed by atoms with E-state index in [2.05, 4.69) is 10.1 Å². The Bertz CT molecular complexity index is 474. The summed E-state index contributed by atoms with van der Waals surface area (Å²) in [6.07, 6.45) is 3.49. The Morgan fingerprint density at radius 1 is 1.43 bits per heavy atom. The fraction of sp³-hybridized carbons (Fsp3) is 0.800. The van der Waals surface area contributed by atoms with Gasteiger partial charge in [0.05, 0.1) is 6.61 Å². The summed E-state index contributed by atoms with van der Waals surface area (Å²) >= 11 is 0. The normalized spacial score (nSPS) is 18.3. The van der Waals surface area contributed by atoms with Gasteiger partial charge in [-0.15, -0.1) is 0 Å². The van der Waals surface area contributed by atoms with Crippen molar-refractivity contribution in [2.75, 3.05) is 13.7 Å². The highest BCUT2D eigenvalue weighted by molar-refractivity contribution is 5.76. The molecule has 0 spiro atoms. The van der Waals surface area contributed by atoms with Gasteiger partial charge in [0.25, 0.3) is 0 Å². The van der Waals surface area contributed by atoms with Crippen LogP contribution >= 0.6 is 0 Å². The molecular formula is C15H24N2O4. The fourth-order valence-corrected chi connectivity index (χ4v) is 2.59. The highest BCUT2D eigenvalue weighted by Crippen LogP contribution is 2.43. The van der Waals surface area contributed by atoms with E-state index < -0.39 is 11.5 Å². The second kappa shape index (κ2) is 6.56. The Kier molecular flexibility index (Phi) is 4.98. The number of carbonyl (C=O) groups excluding carboxylic acids is 1. The molecule has 118 valence electrons. The molecule has 1 heterocycles. The molecule has 0 aliphatic heterocycles. The predicted octanol–water partition coefficient (Wildman–Crippen LogP) is 2.79. The lowest BCUT2D eigenvalue weighted by Gasteiger charge is -2.37. The maximum atomic E-state index is 12.1. The Hall–Kier alpha value is -1.43. The zero-order valence-electron chi connectivity index (χ0n) is 13.2. The third-order valence-electron chi connectivity index (χ3n) is 3.98. The van der Waals surface area contributed by atoms with E-state index in [1.807, 2.05) is 13.8 Å². The van der Waals surface area contributed by atoms with Gasteiger partial charge in [-0.2, -0.15) is 4.98 Å². The van der Waals surface area contributed by atoms with E-state index in [0.29, 0.717) is 30.7 Å². The zero-order chi connectivity index (χ0) is 15.5. The van der Waals surface area contributed by atoms with Crippen molar-refractivity contribution in [1.29, 1.82) is 0 Å². The van der Waals surface area contributed by atoms with Crippen LogP contribution in [-0.2, 0) is 19.9 Å². The van der Waals surface area contributed by atoms with Crippen LogP contribution in [0, 0.1) is 5.92 Å². The van der Waals surface area contributed by atoms with E-state index in [4.69, 9.17) is 14.0 Å². The number of aromatic nitrogens is 2. The third kappa shape index (κ3) is 3.26. The van der Waals surface area contributed by atoms with Gasteiger partial charge in [-0.25, -0.2) is 0 Å². The minimum Gasteiger partial charge on any atom is -0.465 e. The maximum absolute atomic E-state index is 12.1. The molecule has 1 fully saturated rings. The number of nitrogens with zero attached hydrogens (tertiary/aromatic N) is 2. The van der Waals surface area contributed by atoms with Crippen molar-refractivity contribution >= 4 is 5.97 Å². The number of ether oxygens (including phenoxy) is 2. The van der Waals surface area contributed by atoms with Gasteiger partial charge in [0.15, 0.2) is 0 Å². The monoisotopic (exact) mass is 296 g/mol. The average molecular weight is 296 g/mol. The van der Waals surface area contributed by atoms with Crippen molar-refractivity contribution in [2.45, 2.75) is 58.0 Å². The molecule has 6 nitrogen and oxygen atoms in total. The summed E-state index contributed by atoms with van der Waals surface area (Å²) in [5, 5.41) is 4.03. The molecule has 1 aliphatic rings. The number of hydrogen-bond donors (Lipinski definition) is 0. The largest absolute Gasteiger partial charge is 0.465 e. The lowest BCUT2D eigenvalue weighted by atomic mass is 9.79. The van der Waals surface area contributed by atoms with Crippen molar-refractivity contribution in [3.05, 3.63) is 11.7 Å². The summed E-state index contributed by atoms with van der Waals surface area (Å²) in [7, 11) is 1.66. The van der Waals surface area contributed by atoms with Gasteiger partial charge < -0.3 is 14.0 Å². The summed E-state index contributed by atoms with van der Waals surface area (Å²) in [5.74, 6) is 0.404. The van der Waals surface area contributed by atoms with Crippen LogP contribution in [0.5, 0.6) is 0 Å². The lowest BCUT2D eigenvalue weighted by molar-refractivity contribution is -0.146. The molecule has 1 aliphatic carbocycles. The Balaban J connectivity index is 2.20. The molecule has 0 amide bonds. The second-order valence-corrected chi connectivity index (χ2v) is 5.94. The first-order valence-corrected chi connectivity index (χ1v) is 7.58. The molecule has 0 bridgehead atoms. The van der Waals surface area contributed by atoms with Gasteiger partial charge >= 0.3 is 5.97 Å². The molecule has 0 N–H and O–H groups in total. The van der Waals surface area contributed by atoms with Crippen LogP contribution < -0.4 is 0 Å². The van der Waals surface area contributed by atoms with E-state index in [1.54, 1.807) is 14.0 Å². The molecule has 21 heavy (non-hydrogen) atoms. The van der Waals surface area contributed by atoms with Crippen LogP contribution in [0.2, 0.25) is 0 Å². The first-order chi connectivity index (χ1) is 10.0. The summed E-state index contributed by atoms with van der Waals surface area (Å²) in [6.45, 7) is 6.23. The van der Waals surface area contributed by atoms with Gasteiger partial charge in [0, 0.05) is 7.11 Å². The fourth-order valence-electron chi connectivity index (χ4n) is 2.59. The van der Waals surface area contributed by atoms with Crippen molar-refractivity contribution < 1.29 is 18.8 Å². The number of methoxy groups -OCH3 is 1. The molecule has 6 heteroatoms. The maximum Gasteiger partial charge on any atom is 0.318 e. The van der Waals surface area contributed by atoms with Crippen molar-refractivity contribution in [1.82, 2.24) is 10.1 Å². The summed E-state index contributed by atoms with van der Waals surface area (Å²) in [5.41, 5.74) is -0.432. The zero-order valence-corrected chi connectivity index (χ0v) is 13.2. The smallest absolute Gasteiger partial charge is 0.318 e. The number of rotatable bonds is 7. The molecule has 1 saturated carbocycles. The molecule has 0 radical (unpaired) electrons. The lowest BCUT2D eigenvalue weighted by Crippen LogP contribution is -2.37. The summed E-state index contributed by atoms with van der Waals surface area (Å²) < 4.78 is 16.0. The Morgan fingerprint density at radius 2 is 2.14 bits per heavy atom. The van der Waals surface area contributed by atoms with Crippen molar-refractivity contribution in [2.24, 2.45) is 5.92 Å². The van der Waals surface area contributed by atoms with Crippen LogP contribution in [0.25, 0.3) is 0 Å². The molecule has 1 aromatic rings. The average Bonchev–Trinajstić information content (AvgIpc) is 2.85. The molecule has 1 aromatic heterocycles. The minimum atomic E-state index is -0.500. The van der Waals surface area contributed by atoms with Crippen LogP contribution in [0.3, 0.4) is 0 Å². The minimum absolute atomic E-state index is 0.304. The molecule has 2 rings (SSSR count). The molecule has 1 unspecified atom stereocenters. The van der Waals surface area contributed by atoms with E-state index in [0.717, 1.165) is 19.3 Å². The number of esters is 1. The van der Waals surface area contributed by atoms with Crippen molar-refractivity contribution in [3.63, 3.8) is 0 Å². The van der Waals surface area contributed by atoms with Crippen LogP contribution in [0.15, 0.2) is 4.52 Å². The second-order valence-electron chi connectivity index (χ2n) is 5.94. The molecule has 1 atom stereocenters. The first kappa shape index (κ1) is 15.9. The summed E-state index contributed by atoms with van der Waals surface area (Å²) in [6, 6.07) is 0. The predicted molar refractivity (Wildman–Crippen MR) is 75.7 cm³/mol. The SMILES string of the molecule is CCOC(=O)C(CC(C)C)c1nc(C2(OC)CCC2)no1. The van der Waals surface area contributed by atoms with Gasteiger partial charge in [0.1, 0.15) is 11.5 Å². The van der Waals surface area contributed by atoms with E-state index >= 15 is 0 Å². The Labute approximate surface area is 125 Å². The first-order valence-electron chi connectivity index (χ1n) is 7.58. The third-order valence-corrected chi connectivity index (χ3v) is 3.98. The number of carbonyl (C=O) groups is 1. The highest BCUT2D eigenvalue weighted by Gasteiger charge is 2.44. The molecular weight excluding hydrogens is 272 g/mol. The topological polar surface area (TPSA) is 74.5 Å². The highest BCUT2D eigenvalue weighted by atomic mass is 16.5. The number of hydrogen-bond acceptors (Lipinski definition) is 6. The quantitative estimate of drug-likeness (QED) is 0.720. The van der Waals surface area contributed by atoms with Crippen LogP contribution in [0.1, 0.15) is 64.1 Å². The van der Waals surface area contributed by atoms with Gasteiger partial charge in [0.2, 0.25) is 11.7 Å².